The van der Waals surface area contributed by atoms with E-state index in [9.17, 15) is 8.42 Å². The molecule has 0 saturated carbocycles. The topological polar surface area (TPSA) is 72.0 Å². The molecular weight excluding hydrogens is 286 g/mol. The van der Waals surface area contributed by atoms with Gasteiger partial charge in [-0.3, -0.25) is 0 Å². The average molecular weight is 309 g/mol. The lowest BCUT2D eigenvalue weighted by Gasteiger charge is -2.25. The van der Waals surface area contributed by atoms with Crippen molar-refractivity contribution in [2.24, 2.45) is 5.92 Å². The third kappa shape index (κ3) is 3.11. The van der Waals surface area contributed by atoms with E-state index in [-0.39, 0.29) is 17.4 Å². The quantitative estimate of drug-likeness (QED) is 0.902. The third-order valence-electron chi connectivity index (χ3n) is 4.69. The molecule has 1 aliphatic heterocycles. The number of nitrogens with zero attached hydrogens (tertiary/aromatic N) is 2. The maximum atomic E-state index is 11.6. The molecule has 6 heteroatoms. The summed E-state index contributed by atoms with van der Waals surface area (Å²) >= 11 is 0. The molecule has 1 aromatic rings. The van der Waals surface area contributed by atoms with Crippen molar-refractivity contribution in [2.45, 2.75) is 38.5 Å². The van der Waals surface area contributed by atoms with E-state index in [0.29, 0.717) is 12.3 Å². The third-order valence-corrected chi connectivity index (χ3v) is 6.46. The number of rotatable bonds is 3. The monoisotopic (exact) mass is 309 g/mol. The van der Waals surface area contributed by atoms with E-state index in [1.54, 1.807) is 0 Å². The van der Waals surface area contributed by atoms with Gasteiger partial charge in [0.15, 0.2) is 9.84 Å². The second-order valence-electron chi connectivity index (χ2n) is 6.36. The van der Waals surface area contributed by atoms with Crippen LogP contribution in [0.5, 0.6) is 0 Å². The number of sulfone groups is 1. The van der Waals surface area contributed by atoms with Gasteiger partial charge in [0.25, 0.3) is 0 Å². The minimum Gasteiger partial charge on any atom is -0.319 e. The van der Waals surface area contributed by atoms with Crippen molar-refractivity contribution in [3.05, 3.63) is 22.8 Å². The first-order valence-corrected chi connectivity index (χ1v) is 9.52. The second kappa shape index (κ2) is 5.65. The summed E-state index contributed by atoms with van der Waals surface area (Å²) in [5.41, 5.74) is 3.47. The highest BCUT2D eigenvalue weighted by Crippen LogP contribution is 2.31. The summed E-state index contributed by atoms with van der Waals surface area (Å²) in [6.07, 6.45) is 3.83. The Hall–Kier alpha value is -1.01. The van der Waals surface area contributed by atoms with E-state index in [1.165, 1.54) is 5.56 Å². The highest BCUT2D eigenvalue weighted by Gasteiger charge is 2.32. The summed E-state index contributed by atoms with van der Waals surface area (Å²) in [5, 5.41) is 3.25. The molecule has 1 fully saturated rings. The molecule has 0 amide bonds. The van der Waals surface area contributed by atoms with Crippen LogP contribution in [0.1, 0.15) is 41.5 Å². The Labute approximate surface area is 126 Å². The largest absolute Gasteiger partial charge is 0.319 e. The molecule has 2 heterocycles. The molecule has 116 valence electrons. The summed E-state index contributed by atoms with van der Waals surface area (Å²) in [4.78, 5) is 9.35. The van der Waals surface area contributed by atoms with Crippen molar-refractivity contribution in [1.82, 2.24) is 15.3 Å². The van der Waals surface area contributed by atoms with Crippen molar-refractivity contribution in [3.8, 4) is 0 Å². The fourth-order valence-electron chi connectivity index (χ4n) is 3.53. The van der Waals surface area contributed by atoms with Gasteiger partial charge >= 0.3 is 0 Å². The zero-order chi connectivity index (χ0) is 15.0. The fourth-order valence-corrected chi connectivity index (χ4v) is 5.27. The number of aryl methyl sites for hydroxylation is 2. The Bertz CT molecular complexity index is 643. The Morgan fingerprint density at radius 1 is 1.29 bits per heavy atom. The highest BCUT2D eigenvalue weighted by molar-refractivity contribution is 7.91. The normalized spacial score (nSPS) is 27.5. The molecule has 21 heavy (non-hydrogen) atoms. The predicted molar refractivity (Wildman–Crippen MR) is 82.2 cm³/mol. The van der Waals surface area contributed by atoms with Gasteiger partial charge in [-0.1, -0.05) is 0 Å². The molecule has 2 atom stereocenters. The molecule has 2 aliphatic rings. The molecule has 5 nitrogen and oxygen atoms in total. The van der Waals surface area contributed by atoms with Crippen LogP contribution in [0.4, 0.5) is 0 Å². The van der Waals surface area contributed by atoms with E-state index in [4.69, 9.17) is 4.98 Å². The molecule has 0 spiro atoms. The van der Waals surface area contributed by atoms with E-state index < -0.39 is 9.84 Å². The number of hydrogen-bond acceptors (Lipinski definition) is 5. The maximum absolute atomic E-state index is 11.6. The molecule has 0 bridgehead atoms. The summed E-state index contributed by atoms with van der Waals surface area (Å²) in [7, 11) is -0.894. The van der Waals surface area contributed by atoms with E-state index in [2.05, 4.69) is 10.3 Å². The Morgan fingerprint density at radius 3 is 2.76 bits per heavy atom. The van der Waals surface area contributed by atoms with Gasteiger partial charge in [-0.25, -0.2) is 18.4 Å². The number of nitrogens with one attached hydrogen (secondary N) is 1. The minimum absolute atomic E-state index is 0.00553. The van der Waals surface area contributed by atoms with Crippen molar-refractivity contribution in [1.29, 1.82) is 0 Å². The SMILES string of the molecule is CNCC1CCc2nc(C3CCS(=O)(=O)C3)nc(C)c2C1. The molecular formula is C15H23N3O2S. The second-order valence-corrected chi connectivity index (χ2v) is 8.59. The number of aromatic nitrogens is 2. The molecule has 1 saturated heterocycles. The summed E-state index contributed by atoms with van der Waals surface area (Å²) in [6.45, 7) is 3.07. The molecule has 0 radical (unpaired) electrons. The number of fused-ring (bicyclic) bond motifs is 1. The van der Waals surface area contributed by atoms with Gasteiger partial charge < -0.3 is 5.32 Å². The molecule has 1 aliphatic carbocycles. The van der Waals surface area contributed by atoms with Crippen LogP contribution >= 0.6 is 0 Å². The first-order chi connectivity index (χ1) is 9.98. The molecule has 1 aromatic heterocycles. The number of hydrogen-bond donors (Lipinski definition) is 1. The van der Waals surface area contributed by atoms with Gasteiger partial charge in [0, 0.05) is 17.3 Å². The van der Waals surface area contributed by atoms with Crippen LogP contribution in [0, 0.1) is 12.8 Å². The zero-order valence-corrected chi connectivity index (χ0v) is 13.5. The fraction of sp³-hybridized carbons (Fsp3) is 0.733. The average Bonchev–Trinajstić information content (AvgIpc) is 2.80. The van der Waals surface area contributed by atoms with Crippen LogP contribution < -0.4 is 5.32 Å². The Balaban J connectivity index is 1.86. The van der Waals surface area contributed by atoms with Gasteiger partial charge in [-0.15, -0.1) is 0 Å². The first kappa shape index (κ1) is 14.9. The van der Waals surface area contributed by atoms with Crippen LogP contribution in [-0.2, 0) is 22.7 Å². The smallest absolute Gasteiger partial charge is 0.151 e. The summed E-state index contributed by atoms with van der Waals surface area (Å²) in [5.74, 6) is 1.89. The zero-order valence-electron chi connectivity index (χ0n) is 12.7. The van der Waals surface area contributed by atoms with Crippen LogP contribution in [-0.4, -0.2) is 43.5 Å². The van der Waals surface area contributed by atoms with Crippen molar-refractivity contribution in [2.75, 3.05) is 25.1 Å². The minimum atomic E-state index is -2.88. The Kier molecular flexibility index (Phi) is 4.01. The van der Waals surface area contributed by atoms with Gasteiger partial charge in [0.05, 0.1) is 11.5 Å². The lowest BCUT2D eigenvalue weighted by molar-refractivity contribution is 0.430. The maximum Gasteiger partial charge on any atom is 0.151 e. The molecule has 1 N–H and O–H groups in total. The Morgan fingerprint density at radius 2 is 2.10 bits per heavy atom. The highest BCUT2D eigenvalue weighted by atomic mass is 32.2. The molecule has 3 rings (SSSR count). The van der Waals surface area contributed by atoms with E-state index >= 15 is 0 Å². The van der Waals surface area contributed by atoms with Crippen LogP contribution in [0.15, 0.2) is 0 Å². The van der Waals surface area contributed by atoms with E-state index in [0.717, 1.165) is 43.0 Å². The lowest BCUT2D eigenvalue weighted by atomic mass is 9.85. The van der Waals surface area contributed by atoms with Crippen molar-refractivity contribution in [3.63, 3.8) is 0 Å². The van der Waals surface area contributed by atoms with E-state index in [1.807, 2.05) is 14.0 Å². The van der Waals surface area contributed by atoms with Crippen molar-refractivity contribution >= 4 is 9.84 Å². The van der Waals surface area contributed by atoms with Crippen LogP contribution in [0.3, 0.4) is 0 Å². The molecule has 0 aromatic carbocycles. The van der Waals surface area contributed by atoms with Gasteiger partial charge in [0.2, 0.25) is 0 Å². The first-order valence-electron chi connectivity index (χ1n) is 7.70. The summed E-state index contributed by atoms with van der Waals surface area (Å²) in [6, 6.07) is 0. The van der Waals surface area contributed by atoms with Gasteiger partial charge in [-0.2, -0.15) is 0 Å². The van der Waals surface area contributed by atoms with Gasteiger partial charge in [0.1, 0.15) is 5.82 Å². The predicted octanol–water partition coefficient (Wildman–Crippen LogP) is 1.01. The summed E-state index contributed by atoms with van der Waals surface area (Å²) < 4.78 is 23.3. The van der Waals surface area contributed by atoms with Crippen LogP contribution in [0.2, 0.25) is 0 Å². The van der Waals surface area contributed by atoms with Gasteiger partial charge in [-0.05, 0) is 57.7 Å². The lowest BCUT2D eigenvalue weighted by Crippen LogP contribution is -2.27. The van der Waals surface area contributed by atoms with Crippen molar-refractivity contribution < 1.29 is 8.42 Å². The molecule has 2 unspecified atom stereocenters. The van der Waals surface area contributed by atoms with Crippen LogP contribution in [0.25, 0.3) is 0 Å². The standard InChI is InChI=1S/C15H23N3O2S/c1-10-13-7-11(8-16-2)3-4-14(13)18-15(17-10)12-5-6-21(19,20)9-12/h11-12,16H,3-9H2,1-2H3.